The van der Waals surface area contributed by atoms with Crippen LogP contribution in [-0.4, -0.2) is 30.8 Å². The standard InChI is InChI=1S/C13H22N2O/c1-10-3-4-12(11(2)7-10)5-6-15-8-13(14)9-16/h3-4,7,13,15-16H,5-6,8-9,14H2,1-2H3. The van der Waals surface area contributed by atoms with Crippen molar-refractivity contribution in [1.82, 2.24) is 5.32 Å². The molecule has 0 aromatic heterocycles. The molecule has 0 fully saturated rings. The highest BCUT2D eigenvalue weighted by Gasteiger charge is 2.00. The van der Waals surface area contributed by atoms with Crippen molar-refractivity contribution in [2.75, 3.05) is 19.7 Å². The van der Waals surface area contributed by atoms with Gasteiger partial charge < -0.3 is 16.2 Å². The molecule has 4 N–H and O–H groups in total. The molecule has 0 bridgehead atoms. The third kappa shape index (κ3) is 4.31. The Bertz CT molecular complexity index is 326. The van der Waals surface area contributed by atoms with Crippen LogP contribution < -0.4 is 11.1 Å². The predicted molar refractivity (Wildman–Crippen MR) is 67.6 cm³/mol. The van der Waals surface area contributed by atoms with E-state index in [-0.39, 0.29) is 12.6 Å². The summed E-state index contributed by atoms with van der Waals surface area (Å²) in [5.74, 6) is 0. The highest BCUT2D eigenvalue weighted by Crippen LogP contribution is 2.10. The molecule has 0 heterocycles. The highest BCUT2D eigenvalue weighted by molar-refractivity contribution is 5.30. The lowest BCUT2D eigenvalue weighted by molar-refractivity contribution is 0.262. The Balaban J connectivity index is 2.32. The van der Waals surface area contributed by atoms with E-state index in [0.29, 0.717) is 6.54 Å². The fourth-order valence-corrected chi connectivity index (χ4v) is 1.70. The van der Waals surface area contributed by atoms with E-state index in [4.69, 9.17) is 10.8 Å². The summed E-state index contributed by atoms with van der Waals surface area (Å²) in [6, 6.07) is 6.37. The van der Waals surface area contributed by atoms with Gasteiger partial charge in [0.25, 0.3) is 0 Å². The van der Waals surface area contributed by atoms with E-state index in [0.717, 1.165) is 13.0 Å². The molecule has 1 unspecified atom stereocenters. The second-order valence-corrected chi connectivity index (χ2v) is 4.33. The molecule has 1 atom stereocenters. The van der Waals surface area contributed by atoms with Crippen LogP contribution in [0.4, 0.5) is 0 Å². The number of nitrogens with one attached hydrogen (secondary N) is 1. The molecule has 90 valence electrons. The van der Waals surface area contributed by atoms with Crippen LogP contribution in [0.1, 0.15) is 16.7 Å². The summed E-state index contributed by atoms with van der Waals surface area (Å²) in [7, 11) is 0. The summed E-state index contributed by atoms with van der Waals surface area (Å²) in [5.41, 5.74) is 9.60. The van der Waals surface area contributed by atoms with Gasteiger partial charge in [-0.2, -0.15) is 0 Å². The highest BCUT2D eigenvalue weighted by atomic mass is 16.3. The van der Waals surface area contributed by atoms with Crippen molar-refractivity contribution in [2.45, 2.75) is 26.3 Å². The average molecular weight is 222 g/mol. The maximum atomic E-state index is 8.76. The van der Waals surface area contributed by atoms with Gasteiger partial charge in [-0.25, -0.2) is 0 Å². The number of benzene rings is 1. The van der Waals surface area contributed by atoms with Gasteiger partial charge in [0.2, 0.25) is 0 Å². The molecule has 16 heavy (non-hydrogen) atoms. The lowest BCUT2D eigenvalue weighted by Gasteiger charge is -2.11. The van der Waals surface area contributed by atoms with E-state index in [1.807, 2.05) is 0 Å². The van der Waals surface area contributed by atoms with Gasteiger partial charge in [-0.15, -0.1) is 0 Å². The molecular formula is C13H22N2O. The van der Waals surface area contributed by atoms with Crippen LogP contribution >= 0.6 is 0 Å². The number of rotatable bonds is 6. The van der Waals surface area contributed by atoms with Crippen LogP contribution in [0.15, 0.2) is 18.2 Å². The zero-order valence-corrected chi connectivity index (χ0v) is 10.2. The Labute approximate surface area is 97.7 Å². The third-order valence-electron chi connectivity index (χ3n) is 2.71. The van der Waals surface area contributed by atoms with Crippen LogP contribution in [-0.2, 0) is 6.42 Å². The molecule has 0 radical (unpaired) electrons. The minimum atomic E-state index is -0.154. The third-order valence-corrected chi connectivity index (χ3v) is 2.71. The summed E-state index contributed by atoms with van der Waals surface area (Å²) < 4.78 is 0. The van der Waals surface area contributed by atoms with Gasteiger partial charge in [0, 0.05) is 12.6 Å². The number of hydrogen-bond donors (Lipinski definition) is 3. The molecule has 0 aliphatic rings. The minimum Gasteiger partial charge on any atom is -0.395 e. The second-order valence-electron chi connectivity index (χ2n) is 4.33. The van der Waals surface area contributed by atoms with Gasteiger partial charge in [0.15, 0.2) is 0 Å². The van der Waals surface area contributed by atoms with Gasteiger partial charge >= 0.3 is 0 Å². The normalized spacial score (nSPS) is 12.8. The zero-order chi connectivity index (χ0) is 12.0. The van der Waals surface area contributed by atoms with E-state index in [2.05, 4.69) is 37.4 Å². The van der Waals surface area contributed by atoms with Crippen molar-refractivity contribution in [1.29, 1.82) is 0 Å². The zero-order valence-electron chi connectivity index (χ0n) is 10.2. The quantitative estimate of drug-likeness (QED) is 0.623. The van der Waals surface area contributed by atoms with Crippen molar-refractivity contribution in [3.05, 3.63) is 34.9 Å². The molecular weight excluding hydrogens is 200 g/mol. The summed E-state index contributed by atoms with van der Waals surface area (Å²) in [6.45, 7) is 5.85. The monoisotopic (exact) mass is 222 g/mol. The maximum Gasteiger partial charge on any atom is 0.0594 e. The average Bonchev–Trinajstić information content (AvgIpc) is 2.26. The van der Waals surface area contributed by atoms with Gasteiger partial charge in [-0.1, -0.05) is 23.8 Å². The van der Waals surface area contributed by atoms with Crippen molar-refractivity contribution in [3.8, 4) is 0 Å². The lowest BCUT2D eigenvalue weighted by atomic mass is 10.0. The largest absolute Gasteiger partial charge is 0.395 e. The topological polar surface area (TPSA) is 58.3 Å². The van der Waals surface area contributed by atoms with Gasteiger partial charge in [-0.05, 0) is 37.9 Å². The Morgan fingerprint density at radius 3 is 2.75 bits per heavy atom. The number of aliphatic hydroxyl groups is 1. The van der Waals surface area contributed by atoms with E-state index < -0.39 is 0 Å². The predicted octanol–water partition coefficient (Wildman–Crippen LogP) is 0.755. The smallest absolute Gasteiger partial charge is 0.0594 e. The molecule has 1 aromatic rings. The molecule has 3 heteroatoms. The fourth-order valence-electron chi connectivity index (χ4n) is 1.70. The molecule has 0 aliphatic heterocycles. The number of aliphatic hydroxyl groups excluding tert-OH is 1. The van der Waals surface area contributed by atoms with Gasteiger partial charge in [-0.3, -0.25) is 0 Å². The Morgan fingerprint density at radius 2 is 2.12 bits per heavy atom. The Hall–Kier alpha value is -0.900. The van der Waals surface area contributed by atoms with Gasteiger partial charge in [0.1, 0.15) is 0 Å². The van der Waals surface area contributed by atoms with Crippen molar-refractivity contribution in [2.24, 2.45) is 5.73 Å². The van der Waals surface area contributed by atoms with Crippen molar-refractivity contribution >= 4 is 0 Å². The fraction of sp³-hybridized carbons (Fsp3) is 0.538. The van der Waals surface area contributed by atoms with Gasteiger partial charge in [0.05, 0.1) is 6.61 Å². The second kappa shape index (κ2) is 6.63. The first-order chi connectivity index (χ1) is 7.63. The Morgan fingerprint density at radius 1 is 1.38 bits per heavy atom. The molecule has 3 nitrogen and oxygen atoms in total. The minimum absolute atomic E-state index is 0.0383. The number of hydrogen-bond acceptors (Lipinski definition) is 3. The van der Waals surface area contributed by atoms with E-state index in [9.17, 15) is 0 Å². The molecule has 1 aromatic carbocycles. The van der Waals surface area contributed by atoms with E-state index in [1.54, 1.807) is 0 Å². The number of aryl methyl sites for hydroxylation is 2. The first kappa shape index (κ1) is 13.2. The maximum absolute atomic E-state index is 8.76. The van der Waals surface area contributed by atoms with E-state index in [1.165, 1.54) is 16.7 Å². The first-order valence-electron chi connectivity index (χ1n) is 5.76. The summed E-state index contributed by atoms with van der Waals surface area (Å²) >= 11 is 0. The van der Waals surface area contributed by atoms with Crippen LogP contribution in [0.3, 0.4) is 0 Å². The summed E-state index contributed by atoms with van der Waals surface area (Å²) in [5, 5.41) is 12.0. The molecule has 0 aliphatic carbocycles. The van der Waals surface area contributed by atoms with Crippen molar-refractivity contribution in [3.63, 3.8) is 0 Å². The van der Waals surface area contributed by atoms with Crippen LogP contribution in [0.2, 0.25) is 0 Å². The van der Waals surface area contributed by atoms with Crippen LogP contribution in [0, 0.1) is 13.8 Å². The number of nitrogens with two attached hydrogens (primary N) is 1. The van der Waals surface area contributed by atoms with Crippen molar-refractivity contribution < 1.29 is 5.11 Å². The van der Waals surface area contributed by atoms with E-state index >= 15 is 0 Å². The Kier molecular flexibility index (Phi) is 5.46. The van der Waals surface area contributed by atoms with Crippen LogP contribution in [0.25, 0.3) is 0 Å². The first-order valence-corrected chi connectivity index (χ1v) is 5.76. The molecule has 0 spiro atoms. The molecule has 0 saturated heterocycles. The molecule has 0 amide bonds. The molecule has 1 rings (SSSR count). The SMILES string of the molecule is Cc1ccc(CCNCC(N)CO)c(C)c1. The summed E-state index contributed by atoms with van der Waals surface area (Å²) in [4.78, 5) is 0. The molecule has 0 saturated carbocycles. The van der Waals surface area contributed by atoms with Crippen LogP contribution in [0.5, 0.6) is 0 Å². The summed E-state index contributed by atoms with van der Waals surface area (Å²) in [6.07, 6.45) is 1.00. The lowest BCUT2D eigenvalue weighted by Crippen LogP contribution is -2.37.